The van der Waals surface area contributed by atoms with Gasteiger partial charge < -0.3 is 4.98 Å². The zero-order valence-corrected chi connectivity index (χ0v) is 8.44. The predicted octanol–water partition coefficient (Wildman–Crippen LogP) is 3.19. The highest BCUT2D eigenvalue weighted by Crippen LogP contribution is 2.11. The van der Waals surface area contributed by atoms with Gasteiger partial charge in [-0.05, 0) is 28.1 Å². The average molecular weight is 265 g/mol. The van der Waals surface area contributed by atoms with E-state index in [0.717, 1.165) is 15.5 Å². The van der Waals surface area contributed by atoms with Crippen molar-refractivity contribution in [1.29, 1.82) is 0 Å². The Morgan fingerprint density at radius 2 is 2.40 bits per heavy atom. The summed E-state index contributed by atoms with van der Waals surface area (Å²) in [6.45, 7) is 0. The molecular weight excluding hydrogens is 258 g/mol. The van der Waals surface area contributed by atoms with Gasteiger partial charge in [0.05, 0.1) is 0 Å². The molecule has 54 valence electrons. The van der Waals surface area contributed by atoms with E-state index in [9.17, 15) is 0 Å². The first-order valence-electron chi connectivity index (χ1n) is 2.89. The number of H-pyrrole nitrogens is 1. The number of aromatic nitrogens is 1. The first kappa shape index (κ1) is 8.08. The maximum Gasteiger partial charge on any atom is 0.0389 e. The molecule has 0 saturated heterocycles. The molecule has 0 amide bonds. The molecule has 1 aromatic heterocycles. The second-order valence-corrected chi connectivity index (χ2v) is 3.39. The van der Waals surface area contributed by atoms with E-state index in [0.29, 0.717) is 0 Å². The lowest BCUT2D eigenvalue weighted by Crippen LogP contribution is -1.66. The molecule has 0 aliphatic heterocycles. The van der Waals surface area contributed by atoms with Crippen LogP contribution in [0.25, 0.3) is 6.08 Å². The van der Waals surface area contributed by atoms with E-state index in [1.807, 2.05) is 24.4 Å². The lowest BCUT2D eigenvalue weighted by molar-refractivity contribution is 1.37. The molecule has 1 heterocycles. The van der Waals surface area contributed by atoms with Gasteiger partial charge in [0.25, 0.3) is 0 Å². The molecule has 0 aliphatic rings. The normalized spacial score (nSPS) is 11.0. The Morgan fingerprint density at radius 3 is 2.90 bits per heavy atom. The van der Waals surface area contributed by atoms with Crippen LogP contribution in [0, 0.1) is 0 Å². The van der Waals surface area contributed by atoms with Crippen LogP contribution in [0.5, 0.6) is 0 Å². The highest BCUT2D eigenvalue weighted by atomic mass is 79.9. The van der Waals surface area contributed by atoms with Crippen LogP contribution in [0.4, 0.5) is 0 Å². The smallest absolute Gasteiger partial charge is 0.0389 e. The molecule has 0 unspecified atom stereocenters. The summed E-state index contributed by atoms with van der Waals surface area (Å²) in [6.07, 6.45) is 5.98. The topological polar surface area (TPSA) is 15.8 Å². The number of allylic oxidation sites excluding steroid dienone is 1. The number of alkyl halides is 1. The molecule has 0 atom stereocenters. The summed E-state index contributed by atoms with van der Waals surface area (Å²) >= 11 is 6.65. The van der Waals surface area contributed by atoms with Crippen molar-refractivity contribution in [3.8, 4) is 0 Å². The molecule has 0 spiro atoms. The molecule has 10 heavy (non-hydrogen) atoms. The Bertz CT molecular complexity index is 227. The highest BCUT2D eigenvalue weighted by Gasteiger charge is 1.88. The molecular formula is C7H7Br2N. The summed E-state index contributed by atoms with van der Waals surface area (Å²) in [5.41, 5.74) is 1.12. The number of hydrogen-bond donors (Lipinski definition) is 1. The lowest BCUT2D eigenvalue weighted by Gasteiger charge is -1.80. The maximum absolute atomic E-state index is 3.35. The third kappa shape index (κ3) is 2.31. The zero-order chi connectivity index (χ0) is 7.40. The van der Waals surface area contributed by atoms with E-state index < -0.39 is 0 Å². The van der Waals surface area contributed by atoms with Crippen LogP contribution in [0.15, 0.2) is 22.8 Å². The van der Waals surface area contributed by atoms with Crippen LogP contribution < -0.4 is 0 Å². The molecule has 1 nitrogen and oxygen atoms in total. The van der Waals surface area contributed by atoms with Crippen LogP contribution in [-0.4, -0.2) is 10.3 Å². The largest absolute Gasteiger partial charge is 0.361 e. The summed E-state index contributed by atoms with van der Waals surface area (Å²) in [7, 11) is 0. The summed E-state index contributed by atoms with van der Waals surface area (Å²) < 4.78 is 1.08. The monoisotopic (exact) mass is 263 g/mol. The van der Waals surface area contributed by atoms with E-state index in [1.165, 1.54) is 0 Å². The number of rotatable bonds is 2. The molecule has 3 heteroatoms. The van der Waals surface area contributed by atoms with Gasteiger partial charge in [-0.25, -0.2) is 0 Å². The Balaban J connectivity index is 2.67. The van der Waals surface area contributed by atoms with Crippen molar-refractivity contribution >= 4 is 37.9 Å². The summed E-state index contributed by atoms with van der Waals surface area (Å²) in [5, 5.41) is 0.892. The Kier molecular flexibility index (Phi) is 3.22. The van der Waals surface area contributed by atoms with Crippen molar-refractivity contribution in [2.24, 2.45) is 0 Å². The van der Waals surface area contributed by atoms with Crippen molar-refractivity contribution in [1.82, 2.24) is 4.98 Å². The van der Waals surface area contributed by atoms with Gasteiger partial charge in [-0.1, -0.05) is 22.0 Å². The van der Waals surface area contributed by atoms with Crippen LogP contribution in [-0.2, 0) is 0 Å². The lowest BCUT2D eigenvalue weighted by atomic mass is 10.4. The van der Waals surface area contributed by atoms with Gasteiger partial charge in [0.1, 0.15) is 0 Å². The van der Waals surface area contributed by atoms with E-state index in [4.69, 9.17) is 0 Å². The van der Waals surface area contributed by atoms with E-state index in [1.54, 1.807) is 0 Å². The van der Waals surface area contributed by atoms with Crippen molar-refractivity contribution in [2.75, 3.05) is 5.33 Å². The first-order valence-corrected chi connectivity index (χ1v) is 4.81. The zero-order valence-electron chi connectivity index (χ0n) is 5.27. The maximum atomic E-state index is 3.35. The first-order chi connectivity index (χ1) is 4.83. The SMILES string of the molecule is BrCC=Cc1cc(Br)c[nH]1. The van der Waals surface area contributed by atoms with Crippen molar-refractivity contribution in [3.05, 3.63) is 28.5 Å². The second-order valence-electron chi connectivity index (χ2n) is 1.83. The van der Waals surface area contributed by atoms with Gasteiger partial charge >= 0.3 is 0 Å². The van der Waals surface area contributed by atoms with Gasteiger partial charge in [0.15, 0.2) is 0 Å². The quantitative estimate of drug-likeness (QED) is 0.790. The van der Waals surface area contributed by atoms with Gasteiger partial charge in [0.2, 0.25) is 0 Å². The molecule has 0 aliphatic carbocycles. The molecule has 1 aromatic rings. The van der Waals surface area contributed by atoms with Gasteiger partial charge in [-0.3, -0.25) is 0 Å². The second kappa shape index (κ2) is 3.98. The standard InChI is InChI=1S/C7H7Br2N/c8-3-1-2-7-4-6(9)5-10-7/h1-2,4-5,10H,3H2. The van der Waals surface area contributed by atoms with E-state index in [2.05, 4.69) is 36.8 Å². The fraction of sp³-hybridized carbons (Fsp3) is 0.143. The molecule has 0 bridgehead atoms. The number of halogens is 2. The third-order valence-corrected chi connectivity index (χ3v) is 1.89. The van der Waals surface area contributed by atoms with Crippen LogP contribution in [0.1, 0.15) is 5.69 Å². The molecule has 1 rings (SSSR count). The summed E-state index contributed by atoms with van der Waals surface area (Å²) in [6, 6.07) is 2.03. The minimum atomic E-state index is 0.892. The minimum Gasteiger partial charge on any atom is -0.361 e. The molecule has 0 fully saturated rings. The van der Waals surface area contributed by atoms with Gasteiger partial charge in [0, 0.05) is 21.7 Å². The number of aromatic amines is 1. The molecule has 0 radical (unpaired) electrons. The summed E-state index contributed by atoms with van der Waals surface area (Å²) in [5.74, 6) is 0. The predicted molar refractivity (Wildman–Crippen MR) is 51.3 cm³/mol. The number of hydrogen-bond acceptors (Lipinski definition) is 0. The molecule has 1 N–H and O–H groups in total. The third-order valence-electron chi connectivity index (χ3n) is 1.06. The molecule has 0 saturated carbocycles. The Labute approximate surface area is 76.8 Å². The average Bonchev–Trinajstić information content (AvgIpc) is 2.31. The van der Waals surface area contributed by atoms with Crippen molar-refractivity contribution in [3.63, 3.8) is 0 Å². The highest BCUT2D eigenvalue weighted by molar-refractivity contribution is 9.10. The van der Waals surface area contributed by atoms with Crippen molar-refractivity contribution in [2.45, 2.75) is 0 Å². The fourth-order valence-corrected chi connectivity index (χ4v) is 1.20. The van der Waals surface area contributed by atoms with Crippen LogP contribution in [0.2, 0.25) is 0 Å². The Morgan fingerprint density at radius 1 is 1.60 bits per heavy atom. The fourth-order valence-electron chi connectivity index (χ4n) is 0.652. The summed E-state index contributed by atoms with van der Waals surface area (Å²) in [4.78, 5) is 3.09. The minimum absolute atomic E-state index is 0.892. The van der Waals surface area contributed by atoms with Crippen LogP contribution in [0.3, 0.4) is 0 Å². The van der Waals surface area contributed by atoms with Gasteiger partial charge in [-0.15, -0.1) is 0 Å². The van der Waals surface area contributed by atoms with Crippen molar-refractivity contribution < 1.29 is 0 Å². The van der Waals surface area contributed by atoms with Gasteiger partial charge in [-0.2, -0.15) is 0 Å². The number of nitrogens with one attached hydrogen (secondary N) is 1. The van der Waals surface area contributed by atoms with Crippen LogP contribution >= 0.6 is 31.9 Å². The molecule has 0 aromatic carbocycles. The van der Waals surface area contributed by atoms with E-state index >= 15 is 0 Å². The Hall–Kier alpha value is -0.0200. The van der Waals surface area contributed by atoms with E-state index in [-0.39, 0.29) is 0 Å².